The van der Waals surface area contributed by atoms with Gasteiger partial charge in [0.25, 0.3) is 0 Å². The highest BCUT2D eigenvalue weighted by atomic mass is 35.5. The number of benzene rings is 2. The molecule has 1 fully saturated rings. The van der Waals surface area contributed by atoms with E-state index in [9.17, 15) is 4.79 Å². The summed E-state index contributed by atoms with van der Waals surface area (Å²) in [6.45, 7) is 6.55. The molecule has 1 aliphatic heterocycles. The summed E-state index contributed by atoms with van der Waals surface area (Å²) in [5, 5.41) is 3.59. The van der Waals surface area contributed by atoms with Crippen LogP contribution in [0.4, 0.5) is 5.69 Å². The minimum absolute atomic E-state index is 0.0189. The Morgan fingerprint density at radius 1 is 1.17 bits per heavy atom. The molecule has 0 atom stereocenters. The number of aryl methyl sites for hydroxylation is 1. The lowest BCUT2D eigenvalue weighted by Crippen LogP contribution is -2.48. The molecule has 7 nitrogen and oxygen atoms in total. The van der Waals surface area contributed by atoms with Crippen LogP contribution < -0.4 is 10.1 Å². The maximum Gasteiger partial charge on any atom is 0.238 e. The highest BCUT2D eigenvalue weighted by molar-refractivity contribution is 6.31. The van der Waals surface area contributed by atoms with Gasteiger partial charge >= 0.3 is 0 Å². The Morgan fingerprint density at radius 2 is 1.93 bits per heavy atom. The third-order valence-corrected chi connectivity index (χ3v) is 5.81. The van der Waals surface area contributed by atoms with Crippen molar-refractivity contribution in [3.63, 3.8) is 0 Å². The van der Waals surface area contributed by atoms with Gasteiger partial charge in [0.1, 0.15) is 11.6 Å². The van der Waals surface area contributed by atoms with Gasteiger partial charge in [-0.2, -0.15) is 0 Å². The summed E-state index contributed by atoms with van der Waals surface area (Å²) < 4.78 is 5.27. The summed E-state index contributed by atoms with van der Waals surface area (Å²) in [6, 6.07) is 11.4. The first-order valence-corrected chi connectivity index (χ1v) is 10.4. The largest absolute Gasteiger partial charge is 0.497 e. The van der Waals surface area contributed by atoms with Gasteiger partial charge in [-0.3, -0.25) is 14.6 Å². The van der Waals surface area contributed by atoms with Crippen molar-refractivity contribution < 1.29 is 9.53 Å². The molecule has 0 bridgehead atoms. The number of anilines is 1. The standard InChI is InChI=1S/C22H26ClN5O2/c1-15-3-4-16(11-18(15)23)24-22(29)14-28-9-7-27(8-10-28)13-21-25-19-6-5-17(30-2)12-20(19)26-21/h3-6,11-12H,7-10,13-14H2,1-2H3,(H,24,29)(H,25,26). The molecule has 1 aromatic heterocycles. The number of fused-ring (bicyclic) bond motifs is 1. The van der Waals surface area contributed by atoms with Gasteiger partial charge in [-0.15, -0.1) is 0 Å². The van der Waals surface area contributed by atoms with Crippen LogP contribution in [0.2, 0.25) is 5.02 Å². The number of nitrogens with zero attached hydrogens (tertiary/aromatic N) is 3. The fourth-order valence-electron chi connectivity index (χ4n) is 3.63. The molecule has 1 amide bonds. The first-order chi connectivity index (χ1) is 14.5. The molecule has 0 spiro atoms. The van der Waals surface area contributed by atoms with Crippen molar-refractivity contribution in [2.45, 2.75) is 13.5 Å². The zero-order valence-corrected chi connectivity index (χ0v) is 18.0. The number of imidazole rings is 1. The third-order valence-electron chi connectivity index (χ3n) is 5.40. The van der Waals surface area contributed by atoms with E-state index in [1.54, 1.807) is 13.2 Å². The number of hydrogen-bond acceptors (Lipinski definition) is 5. The third kappa shape index (κ3) is 4.92. The van der Waals surface area contributed by atoms with Gasteiger partial charge in [0.05, 0.1) is 31.2 Å². The van der Waals surface area contributed by atoms with E-state index in [0.717, 1.165) is 66.6 Å². The Balaban J connectivity index is 1.26. The average molecular weight is 428 g/mol. The molecule has 2 N–H and O–H groups in total. The summed E-state index contributed by atoms with van der Waals surface area (Å²) in [5.74, 6) is 1.74. The quantitative estimate of drug-likeness (QED) is 0.631. The number of carbonyl (C=O) groups excluding carboxylic acids is 1. The van der Waals surface area contributed by atoms with Gasteiger partial charge < -0.3 is 15.0 Å². The van der Waals surface area contributed by atoms with Gasteiger partial charge in [0.2, 0.25) is 5.91 Å². The van der Waals surface area contributed by atoms with Gasteiger partial charge in [-0.25, -0.2) is 4.98 Å². The number of aromatic nitrogens is 2. The molecule has 0 saturated carbocycles. The monoisotopic (exact) mass is 427 g/mol. The van der Waals surface area contributed by atoms with Crippen LogP contribution in [-0.2, 0) is 11.3 Å². The molecule has 1 aliphatic rings. The molecule has 1 saturated heterocycles. The number of hydrogen-bond donors (Lipinski definition) is 2. The molecule has 0 aliphatic carbocycles. The molecule has 0 unspecified atom stereocenters. The van der Waals surface area contributed by atoms with Crippen molar-refractivity contribution in [3.8, 4) is 5.75 Å². The Kier molecular flexibility index (Phi) is 6.22. The maximum absolute atomic E-state index is 12.4. The van der Waals surface area contributed by atoms with Crippen LogP contribution >= 0.6 is 11.6 Å². The number of piperazine rings is 1. The van der Waals surface area contributed by atoms with Gasteiger partial charge in [0.15, 0.2) is 0 Å². The van der Waals surface area contributed by atoms with Crippen LogP contribution in [0.5, 0.6) is 5.75 Å². The van der Waals surface area contributed by atoms with Crippen molar-refractivity contribution in [2.75, 3.05) is 45.2 Å². The van der Waals surface area contributed by atoms with Crippen molar-refractivity contribution in [2.24, 2.45) is 0 Å². The Labute approximate surface area is 181 Å². The summed E-state index contributed by atoms with van der Waals surface area (Å²) in [6.07, 6.45) is 0. The topological polar surface area (TPSA) is 73.5 Å². The van der Waals surface area contributed by atoms with Crippen LogP contribution in [-0.4, -0.2) is 65.5 Å². The Morgan fingerprint density at radius 3 is 2.67 bits per heavy atom. The van der Waals surface area contributed by atoms with Crippen LogP contribution in [0.1, 0.15) is 11.4 Å². The van der Waals surface area contributed by atoms with Gasteiger partial charge in [0, 0.05) is 43.0 Å². The van der Waals surface area contributed by atoms with E-state index in [1.807, 2.05) is 37.3 Å². The lowest BCUT2D eigenvalue weighted by atomic mass is 10.2. The second-order valence-electron chi connectivity index (χ2n) is 7.63. The number of amides is 1. The zero-order chi connectivity index (χ0) is 21.1. The zero-order valence-electron chi connectivity index (χ0n) is 17.2. The number of halogens is 1. The van der Waals surface area contributed by atoms with Crippen molar-refractivity contribution in [1.82, 2.24) is 19.8 Å². The number of rotatable bonds is 6. The molecule has 2 heterocycles. The van der Waals surface area contributed by atoms with Crippen molar-refractivity contribution >= 4 is 34.2 Å². The molecule has 30 heavy (non-hydrogen) atoms. The first kappa shape index (κ1) is 20.7. The highest BCUT2D eigenvalue weighted by Crippen LogP contribution is 2.21. The fraction of sp³-hybridized carbons (Fsp3) is 0.364. The van der Waals surface area contributed by atoms with Gasteiger partial charge in [-0.05, 0) is 36.8 Å². The first-order valence-electron chi connectivity index (χ1n) is 10.0. The Bertz CT molecular complexity index is 1040. The number of ether oxygens (including phenoxy) is 1. The molecule has 8 heteroatoms. The molecule has 2 aromatic carbocycles. The van der Waals surface area contributed by atoms with E-state index in [4.69, 9.17) is 16.3 Å². The van der Waals surface area contributed by atoms with Crippen LogP contribution in [0.15, 0.2) is 36.4 Å². The van der Waals surface area contributed by atoms with E-state index < -0.39 is 0 Å². The van der Waals surface area contributed by atoms with E-state index in [-0.39, 0.29) is 5.91 Å². The number of carbonyl (C=O) groups is 1. The van der Waals surface area contributed by atoms with Crippen LogP contribution in [0, 0.1) is 6.92 Å². The SMILES string of the molecule is COc1ccc2nc(CN3CCN(CC(=O)Nc4ccc(C)c(Cl)c4)CC3)[nH]c2c1. The minimum Gasteiger partial charge on any atom is -0.497 e. The number of aromatic amines is 1. The summed E-state index contributed by atoms with van der Waals surface area (Å²) >= 11 is 6.13. The number of H-pyrrole nitrogens is 1. The molecular weight excluding hydrogens is 402 g/mol. The average Bonchev–Trinajstić information content (AvgIpc) is 3.13. The Hall–Kier alpha value is -2.61. The number of methoxy groups -OCH3 is 1. The predicted octanol–water partition coefficient (Wildman–Crippen LogP) is 3.29. The van der Waals surface area contributed by atoms with Crippen LogP contribution in [0.25, 0.3) is 11.0 Å². The summed E-state index contributed by atoms with van der Waals surface area (Å²) in [5.41, 5.74) is 3.65. The van der Waals surface area contributed by atoms with E-state index >= 15 is 0 Å². The summed E-state index contributed by atoms with van der Waals surface area (Å²) in [7, 11) is 1.66. The lowest BCUT2D eigenvalue weighted by Gasteiger charge is -2.33. The fourth-order valence-corrected chi connectivity index (χ4v) is 3.82. The van der Waals surface area contributed by atoms with Crippen molar-refractivity contribution in [3.05, 3.63) is 52.8 Å². The molecule has 158 valence electrons. The van der Waals surface area contributed by atoms with E-state index in [1.165, 1.54) is 0 Å². The second kappa shape index (κ2) is 9.04. The molecule has 4 rings (SSSR count). The second-order valence-corrected chi connectivity index (χ2v) is 8.04. The van der Waals surface area contributed by atoms with Crippen LogP contribution in [0.3, 0.4) is 0 Å². The normalized spacial score (nSPS) is 15.4. The number of nitrogens with one attached hydrogen (secondary N) is 2. The van der Waals surface area contributed by atoms with Crippen molar-refractivity contribution in [1.29, 1.82) is 0 Å². The smallest absolute Gasteiger partial charge is 0.238 e. The lowest BCUT2D eigenvalue weighted by molar-refractivity contribution is -0.117. The predicted molar refractivity (Wildman–Crippen MR) is 119 cm³/mol. The maximum atomic E-state index is 12.4. The van der Waals surface area contributed by atoms with Gasteiger partial charge in [-0.1, -0.05) is 17.7 Å². The molecule has 3 aromatic rings. The van der Waals surface area contributed by atoms with E-state index in [2.05, 4.69) is 25.1 Å². The van der Waals surface area contributed by atoms with E-state index in [0.29, 0.717) is 11.6 Å². The minimum atomic E-state index is -0.0189. The summed E-state index contributed by atoms with van der Waals surface area (Å²) in [4.78, 5) is 24.9. The molecular formula is C22H26ClN5O2. The highest BCUT2D eigenvalue weighted by Gasteiger charge is 2.20. The molecule has 0 radical (unpaired) electrons.